The van der Waals surface area contributed by atoms with Crippen LogP contribution in [0.2, 0.25) is 0 Å². The van der Waals surface area contributed by atoms with Crippen molar-refractivity contribution in [2.24, 2.45) is 0 Å². The van der Waals surface area contributed by atoms with Gasteiger partial charge in [0.2, 0.25) is 5.82 Å². The van der Waals surface area contributed by atoms with Crippen LogP contribution in [0.25, 0.3) is 0 Å². The van der Waals surface area contributed by atoms with E-state index in [-0.39, 0.29) is 0 Å². The van der Waals surface area contributed by atoms with Crippen LogP contribution in [-0.4, -0.2) is 17.7 Å². The molecule has 128 valence electrons. The Morgan fingerprint density at radius 2 is 1.48 bits per heavy atom. The minimum absolute atomic E-state index is 0.634. The van der Waals surface area contributed by atoms with Gasteiger partial charge in [0.15, 0.2) is 28.9 Å². The van der Waals surface area contributed by atoms with Gasteiger partial charge in [0.1, 0.15) is 5.60 Å². The number of alkyl carbamates (subject to hydrolysis) is 1. The maximum Gasteiger partial charge on any atom is 0.407 e. The average molecular weight is 341 g/mol. The Morgan fingerprint density at radius 1 is 1.04 bits per heavy atom. The van der Waals surface area contributed by atoms with Gasteiger partial charge in [0.25, 0.3) is 0 Å². The van der Waals surface area contributed by atoms with Crippen LogP contribution < -0.4 is 5.32 Å². The second-order valence-corrected chi connectivity index (χ2v) is 6.21. The maximum absolute atomic E-state index is 14.5. The topological polar surface area (TPSA) is 38.3 Å². The van der Waals surface area contributed by atoms with Gasteiger partial charge in [-0.2, -0.15) is 0 Å². The summed E-state index contributed by atoms with van der Waals surface area (Å²) >= 11 is 0. The smallest absolute Gasteiger partial charge is 0.407 e. The minimum atomic E-state index is -2.89. The number of carbonyl (C=O) groups is 1. The lowest BCUT2D eigenvalue weighted by molar-refractivity contribution is 0.0509. The first-order valence-corrected chi connectivity index (χ1v) is 6.59. The lowest BCUT2D eigenvalue weighted by Gasteiger charge is -2.20. The van der Waals surface area contributed by atoms with Crippen molar-refractivity contribution in [1.29, 1.82) is 0 Å². The van der Waals surface area contributed by atoms with Crippen LogP contribution in [0.1, 0.15) is 32.8 Å². The van der Waals surface area contributed by atoms with Gasteiger partial charge in [-0.15, -0.1) is 0 Å². The van der Waals surface area contributed by atoms with Gasteiger partial charge >= 0.3 is 6.09 Å². The molecule has 0 aromatic heterocycles. The zero-order chi connectivity index (χ0) is 17.7. The van der Waals surface area contributed by atoms with Gasteiger partial charge in [-0.3, -0.25) is 0 Å². The van der Waals surface area contributed by atoms with Gasteiger partial charge in [-0.05, 0) is 20.8 Å². The SMILES string of the molecule is CC(C)(C)OC(=O)N[C@@H]1C[C@@]1(F)c1c(F)c(F)c(F)c(F)c1F. The van der Waals surface area contributed by atoms with E-state index in [0.29, 0.717) is 0 Å². The fourth-order valence-corrected chi connectivity index (χ4v) is 2.10. The number of hydrogen-bond donors (Lipinski definition) is 1. The Hall–Kier alpha value is -1.93. The summed E-state index contributed by atoms with van der Waals surface area (Å²) in [5.41, 5.74) is -5.38. The quantitative estimate of drug-likeness (QED) is 0.504. The van der Waals surface area contributed by atoms with Gasteiger partial charge in [0.05, 0.1) is 11.6 Å². The van der Waals surface area contributed by atoms with Crippen molar-refractivity contribution < 1.29 is 35.9 Å². The van der Waals surface area contributed by atoms with Crippen LogP contribution in [0.3, 0.4) is 0 Å². The Morgan fingerprint density at radius 3 is 1.91 bits per heavy atom. The van der Waals surface area contributed by atoms with Crippen molar-refractivity contribution in [1.82, 2.24) is 5.32 Å². The molecule has 1 amide bonds. The first-order chi connectivity index (χ1) is 10.4. The molecule has 1 aromatic rings. The molecule has 1 N–H and O–H groups in total. The maximum atomic E-state index is 14.5. The highest BCUT2D eigenvalue weighted by Gasteiger charge is 2.61. The largest absolute Gasteiger partial charge is 0.444 e. The molecule has 0 spiro atoms. The fourth-order valence-electron chi connectivity index (χ4n) is 2.10. The highest BCUT2D eigenvalue weighted by Crippen LogP contribution is 2.52. The van der Waals surface area contributed by atoms with Crippen LogP contribution in [0, 0.1) is 29.1 Å². The number of carbonyl (C=O) groups excluding carboxylic acids is 1. The molecule has 0 heterocycles. The van der Waals surface area contributed by atoms with Crippen LogP contribution in [-0.2, 0) is 10.4 Å². The number of nitrogens with one attached hydrogen (secondary N) is 1. The van der Waals surface area contributed by atoms with Crippen LogP contribution in [0.4, 0.5) is 31.1 Å². The Balaban J connectivity index is 2.27. The van der Waals surface area contributed by atoms with Crippen molar-refractivity contribution in [2.45, 2.75) is 44.5 Å². The third kappa shape index (κ3) is 3.09. The molecule has 2 atom stereocenters. The van der Waals surface area contributed by atoms with Crippen LogP contribution in [0.15, 0.2) is 0 Å². The summed E-state index contributed by atoms with van der Waals surface area (Å²) in [5, 5.41) is 2.00. The summed E-state index contributed by atoms with van der Waals surface area (Å²) in [5.74, 6) is -11.3. The first-order valence-electron chi connectivity index (χ1n) is 6.59. The minimum Gasteiger partial charge on any atom is -0.444 e. The molecule has 9 heteroatoms. The average Bonchev–Trinajstić information content (AvgIpc) is 3.02. The standard InChI is InChI=1S/C14H13F6NO2/c1-13(2,3)23-12(22)21-5-4-14(5,20)6-7(15)9(17)11(19)10(18)8(6)16/h5H,4H2,1-3H3,(H,21,22)/t5-,14+/m1/s1. The molecule has 0 radical (unpaired) electrons. The number of halogens is 6. The molecule has 0 saturated heterocycles. The monoisotopic (exact) mass is 341 g/mol. The van der Waals surface area contributed by atoms with E-state index in [9.17, 15) is 31.1 Å². The molecular weight excluding hydrogens is 328 g/mol. The van der Waals surface area contributed by atoms with E-state index < -0.39 is 64.5 Å². The van der Waals surface area contributed by atoms with E-state index in [1.807, 2.05) is 5.32 Å². The van der Waals surface area contributed by atoms with Crippen molar-refractivity contribution in [3.05, 3.63) is 34.6 Å². The molecule has 2 rings (SSSR count). The number of benzene rings is 1. The van der Waals surface area contributed by atoms with Crippen molar-refractivity contribution >= 4 is 6.09 Å². The third-order valence-corrected chi connectivity index (χ3v) is 3.21. The summed E-state index contributed by atoms with van der Waals surface area (Å²) in [4.78, 5) is 11.5. The lowest BCUT2D eigenvalue weighted by Crippen LogP contribution is -2.36. The Labute approximate surface area is 127 Å². The van der Waals surface area contributed by atoms with Gasteiger partial charge in [0, 0.05) is 6.42 Å². The summed E-state index contributed by atoms with van der Waals surface area (Å²) in [6.45, 7) is 4.60. The first kappa shape index (κ1) is 17.4. The second kappa shape index (κ2) is 5.31. The summed E-state index contributed by atoms with van der Waals surface area (Å²) < 4.78 is 85.8. The van der Waals surface area contributed by atoms with E-state index in [4.69, 9.17) is 4.74 Å². The fraction of sp³-hybridized carbons (Fsp3) is 0.500. The number of hydrogen-bond acceptors (Lipinski definition) is 2. The Bertz CT molecular complexity index is 643. The zero-order valence-electron chi connectivity index (χ0n) is 12.4. The van der Waals surface area contributed by atoms with Crippen molar-refractivity contribution in [2.75, 3.05) is 0 Å². The molecule has 1 aliphatic carbocycles. The highest BCUT2D eigenvalue weighted by atomic mass is 19.2. The molecule has 23 heavy (non-hydrogen) atoms. The molecule has 0 aliphatic heterocycles. The normalized spacial score (nSPS) is 23.6. The van der Waals surface area contributed by atoms with Crippen molar-refractivity contribution in [3.63, 3.8) is 0 Å². The van der Waals surface area contributed by atoms with E-state index in [2.05, 4.69) is 0 Å². The zero-order valence-corrected chi connectivity index (χ0v) is 12.4. The van der Waals surface area contributed by atoms with E-state index in [1.54, 1.807) is 0 Å². The lowest BCUT2D eigenvalue weighted by atomic mass is 10.1. The van der Waals surface area contributed by atoms with E-state index >= 15 is 0 Å². The molecule has 1 aliphatic rings. The molecule has 0 bridgehead atoms. The number of ether oxygens (including phenoxy) is 1. The van der Waals surface area contributed by atoms with E-state index in [1.165, 1.54) is 20.8 Å². The van der Waals surface area contributed by atoms with Crippen LogP contribution >= 0.6 is 0 Å². The van der Waals surface area contributed by atoms with Crippen LogP contribution in [0.5, 0.6) is 0 Å². The molecule has 1 aromatic carbocycles. The molecule has 1 saturated carbocycles. The predicted molar refractivity (Wildman–Crippen MR) is 66.8 cm³/mol. The molecule has 1 fully saturated rings. The summed E-state index contributed by atoms with van der Waals surface area (Å²) in [6.07, 6.45) is -1.70. The number of alkyl halides is 1. The Kier molecular flexibility index (Phi) is 4.02. The molecular formula is C14H13F6NO2. The van der Waals surface area contributed by atoms with Gasteiger partial charge < -0.3 is 10.1 Å². The molecule has 3 nitrogen and oxygen atoms in total. The van der Waals surface area contributed by atoms with Gasteiger partial charge in [-0.25, -0.2) is 31.1 Å². The summed E-state index contributed by atoms with van der Waals surface area (Å²) in [6, 6.07) is -1.45. The van der Waals surface area contributed by atoms with E-state index in [0.717, 1.165) is 0 Å². The van der Waals surface area contributed by atoms with Gasteiger partial charge in [-0.1, -0.05) is 0 Å². The summed E-state index contributed by atoms with van der Waals surface area (Å²) in [7, 11) is 0. The molecule has 0 unspecified atom stereocenters. The predicted octanol–water partition coefficient (Wildman–Crippen LogP) is 3.84. The second-order valence-electron chi connectivity index (χ2n) is 6.21. The highest BCUT2D eigenvalue weighted by molar-refractivity contribution is 5.69. The number of amides is 1. The number of rotatable bonds is 2. The third-order valence-electron chi connectivity index (χ3n) is 3.21. The van der Waals surface area contributed by atoms with Crippen molar-refractivity contribution in [3.8, 4) is 0 Å².